The van der Waals surface area contributed by atoms with E-state index in [9.17, 15) is 9.59 Å². The highest BCUT2D eigenvalue weighted by atomic mass is 16.5. The fourth-order valence-electron chi connectivity index (χ4n) is 2.47. The van der Waals surface area contributed by atoms with Gasteiger partial charge >= 0.3 is 12.1 Å². The van der Waals surface area contributed by atoms with Crippen molar-refractivity contribution in [3.8, 4) is 0 Å². The second-order valence-corrected chi connectivity index (χ2v) is 6.09. The fourth-order valence-corrected chi connectivity index (χ4v) is 2.47. The van der Waals surface area contributed by atoms with Crippen molar-refractivity contribution in [2.75, 3.05) is 18.5 Å². The number of rotatable bonds is 6. The second-order valence-electron chi connectivity index (χ2n) is 6.09. The highest BCUT2D eigenvalue weighted by molar-refractivity contribution is 5.92. The molecule has 7 heteroatoms. The van der Waals surface area contributed by atoms with Gasteiger partial charge in [-0.2, -0.15) is 0 Å². The molecule has 3 amide bonds. The molecule has 0 aliphatic heterocycles. The van der Waals surface area contributed by atoms with E-state index < -0.39 is 6.09 Å². The summed E-state index contributed by atoms with van der Waals surface area (Å²) in [6.07, 6.45) is 3.60. The van der Waals surface area contributed by atoms with Crippen LogP contribution in [0.15, 0.2) is 30.5 Å². The molecule has 1 fully saturated rings. The van der Waals surface area contributed by atoms with Crippen molar-refractivity contribution < 1.29 is 14.3 Å². The summed E-state index contributed by atoms with van der Waals surface area (Å²) in [6.45, 7) is 3.26. The number of anilines is 1. The Morgan fingerprint density at radius 2 is 2.12 bits per heavy atom. The number of pyridine rings is 1. The molecule has 0 unspecified atom stereocenters. The van der Waals surface area contributed by atoms with Crippen molar-refractivity contribution in [1.82, 2.24) is 15.6 Å². The number of hydrogen-bond donors (Lipinski definition) is 3. The molecule has 1 aromatic heterocycles. The normalized spacial score (nSPS) is 13.3. The Bertz CT molecular complexity index is 774. The van der Waals surface area contributed by atoms with Crippen LogP contribution in [0.3, 0.4) is 0 Å². The summed E-state index contributed by atoms with van der Waals surface area (Å²) in [6, 6.07) is 7.30. The molecule has 0 bridgehead atoms. The SMILES string of the molecule is CCNC(=O)Nc1cc2cccc(CNC(=O)OCC3CC3)c2cn1. The molecule has 1 aliphatic rings. The van der Waals surface area contributed by atoms with E-state index >= 15 is 0 Å². The van der Waals surface area contributed by atoms with Crippen LogP contribution in [0.5, 0.6) is 0 Å². The summed E-state index contributed by atoms with van der Waals surface area (Å²) in [4.78, 5) is 27.6. The van der Waals surface area contributed by atoms with Crippen LogP contribution in [0.2, 0.25) is 0 Å². The van der Waals surface area contributed by atoms with Gasteiger partial charge in [-0.05, 0) is 42.7 Å². The zero-order valence-electron chi connectivity index (χ0n) is 14.2. The third-order valence-corrected chi connectivity index (χ3v) is 4.00. The largest absolute Gasteiger partial charge is 0.449 e. The first kappa shape index (κ1) is 17.0. The van der Waals surface area contributed by atoms with E-state index in [4.69, 9.17) is 4.74 Å². The molecule has 0 atom stereocenters. The second kappa shape index (κ2) is 7.83. The first-order valence-corrected chi connectivity index (χ1v) is 8.49. The summed E-state index contributed by atoms with van der Waals surface area (Å²) in [5.41, 5.74) is 0.943. The number of carbonyl (C=O) groups excluding carboxylic acids is 2. The molecule has 3 N–H and O–H groups in total. The molecule has 0 spiro atoms. The molecule has 1 saturated carbocycles. The summed E-state index contributed by atoms with van der Waals surface area (Å²) < 4.78 is 5.17. The van der Waals surface area contributed by atoms with Crippen LogP contribution in [0.1, 0.15) is 25.3 Å². The maximum atomic E-state index is 11.7. The number of ether oxygens (including phenoxy) is 1. The Morgan fingerprint density at radius 1 is 1.28 bits per heavy atom. The van der Waals surface area contributed by atoms with Gasteiger partial charge in [0.1, 0.15) is 5.82 Å². The zero-order valence-corrected chi connectivity index (χ0v) is 14.2. The van der Waals surface area contributed by atoms with Crippen molar-refractivity contribution in [1.29, 1.82) is 0 Å². The van der Waals surface area contributed by atoms with E-state index in [0.29, 0.717) is 31.4 Å². The summed E-state index contributed by atoms with van der Waals surface area (Å²) in [5, 5.41) is 9.98. The van der Waals surface area contributed by atoms with Gasteiger partial charge in [0.25, 0.3) is 0 Å². The number of amides is 3. The molecule has 2 aromatic rings. The third kappa shape index (κ3) is 4.82. The van der Waals surface area contributed by atoms with Gasteiger partial charge in [-0.15, -0.1) is 0 Å². The smallest absolute Gasteiger partial charge is 0.407 e. The Labute approximate surface area is 146 Å². The van der Waals surface area contributed by atoms with E-state index in [1.165, 1.54) is 0 Å². The number of nitrogens with one attached hydrogen (secondary N) is 3. The van der Waals surface area contributed by atoms with E-state index in [0.717, 1.165) is 29.2 Å². The van der Waals surface area contributed by atoms with Gasteiger partial charge in [-0.1, -0.05) is 18.2 Å². The molecule has 0 radical (unpaired) electrons. The van der Waals surface area contributed by atoms with Gasteiger partial charge in [-0.25, -0.2) is 14.6 Å². The standard InChI is InChI=1S/C18H22N4O3/c1-2-19-17(23)22-16-8-13-4-3-5-14(15(13)10-20-16)9-21-18(24)25-11-12-6-7-12/h3-5,8,10,12H,2,6-7,9,11H2,1H3,(H,21,24)(H2,19,20,22,23). The Kier molecular flexibility index (Phi) is 5.33. The number of fused-ring (bicyclic) bond motifs is 1. The van der Waals surface area contributed by atoms with Crippen molar-refractivity contribution >= 4 is 28.7 Å². The molecule has 132 valence electrons. The van der Waals surface area contributed by atoms with E-state index in [1.54, 1.807) is 12.3 Å². The average molecular weight is 342 g/mol. The Hall–Kier alpha value is -2.83. The molecular formula is C18H22N4O3. The molecule has 1 aromatic carbocycles. The van der Waals surface area contributed by atoms with Crippen LogP contribution in [0.25, 0.3) is 10.8 Å². The highest BCUT2D eigenvalue weighted by Gasteiger charge is 2.22. The summed E-state index contributed by atoms with van der Waals surface area (Å²) in [7, 11) is 0. The van der Waals surface area contributed by atoms with Gasteiger partial charge in [0.15, 0.2) is 0 Å². The molecule has 3 rings (SSSR count). The number of urea groups is 1. The number of hydrogen-bond acceptors (Lipinski definition) is 4. The van der Waals surface area contributed by atoms with Gasteiger partial charge in [-0.3, -0.25) is 5.32 Å². The number of aromatic nitrogens is 1. The van der Waals surface area contributed by atoms with Crippen molar-refractivity contribution in [2.45, 2.75) is 26.3 Å². The lowest BCUT2D eigenvalue weighted by Gasteiger charge is -2.10. The Balaban J connectivity index is 1.64. The minimum atomic E-state index is -0.397. The molecule has 0 saturated heterocycles. The maximum Gasteiger partial charge on any atom is 0.407 e. The minimum absolute atomic E-state index is 0.287. The van der Waals surface area contributed by atoms with Crippen molar-refractivity contribution in [3.05, 3.63) is 36.0 Å². The van der Waals surface area contributed by atoms with E-state index in [-0.39, 0.29) is 6.03 Å². The average Bonchev–Trinajstić information content (AvgIpc) is 3.42. The topological polar surface area (TPSA) is 92.4 Å². The van der Waals surface area contributed by atoms with Crippen LogP contribution in [-0.4, -0.2) is 30.3 Å². The van der Waals surface area contributed by atoms with Crippen LogP contribution < -0.4 is 16.0 Å². The molecule has 7 nitrogen and oxygen atoms in total. The maximum absolute atomic E-state index is 11.7. The zero-order chi connectivity index (χ0) is 17.6. The predicted molar refractivity (Wildman–Crippen MR) is 95.4 cm³/mol. The Morgan fingerprint density at radius 3 is 2.88 bits per heavy atom. The van der Waals surface area contributed by atoms with Crippen LogP contribution in [-0.2, 0) is 11.3 Å². The molecule has 25 heavy (non-hydrogen) atoms. The molecule has 1 heterocycles. The first-order chi connectivity index (χ1) is 12.2. The first-order valence-electron chi connectivity index (χ1n) is 8.49. The minimum Gasteiger partial charge on any atom is -0.449 e. The number of alkyl carbamates (subject to hydrolysis) is 1. The number of benzene rings is 1. The van der Waals surface area contributed by atoms with Crippen LogP contribution >= 0.6 is 0 Å². The fraction of sp³-hybridized carbons (Fsp3) is 0.389. The van der Waals surface area contributed by atoms with Crippen LogP contribution in [0.4, 0.5) is 15.4 Å². The highest BCUT2D eigenvalue weighted by Crippen LogP contribution is 2.28. The quantitative estimate of drug-likeness (QED) is 0.752. The number of nitrogens with zero attached hydrogens (tertiary/aromatic N) is 1. The van der Waals surface area contributed by atoms with E-state index in [1.807, 2.05) is 25.1 Å². The lowest BCUT2D eigenvalue weighted by Crippen LogP contribution is -2.28. The van der Waals surface area contributed by atoms with Crippen molar-refractivity contribution in [2.24, 2.45) is 5.92 Å². The van der Waals surface area contributed by atoms with Gasteiger partial charge < -0.3 is 15.4 Å². The third-order valence-electron chi connectivity index (χ3n) is 4.00. The van der Waals surface area contributed by atoms with E-state index in [2.05, 4.69) is 20.9 Å². The number of carbonyl (C=O) groups is 2. The molecule has 1 aliphatic carbocycles. The monoisotopic (exact) mass is 342 g/mol. The lowest BCUT2D eigenvalue weighted by molar-refractivity contribution is 0.140. The molecular weight excluding hydrogens is 320 g/mol. The summed E-state index contributed by atoms with van der Waals surface area (Å²) >= 11 is 0. The van der Waals surface area contributed by atoms with Gasteiger partial charge in [0.05, 0.1) is 6.61 Å². The van der Waals surface area contributed by atoms with Crippen LogP contribution in [0, 0.1) is 5.92 Å². The summed E-state index contributed by atoms with van der Waals surface area (Å²) in [5.74, 6) is 1.02. The predicted octanol–water partition coefficient (Wildman–Crippen LogP) is 3.01. The van der Waals surface area contributed by atoms with Gasteiger partial charge in [0.2, 0.25) is 0 Å². The lowest BCUT2D eigenvalue weighted by atomic mass is 10.1. The van der Waals surface area contributed by atoms with Gasteiger partial charge in [0, 0.05) is 24.7 Å². The van der Waals surface area contributed by atoms with Crippen molar-refractivity contribution in [3.63, 3.8) is 0 Å².